The smallest absolute Gasteiger partial charge is 0.298 e. The van der Waals surface area contributed by atoms with Crippen molar-refractivity contribution in [3.63, 3.8) is 0 Å². The van der Waals surface area contributed by atoms with Crippen molar-refractivity contribution in [3.8, 4) is 16.9 Å². The first kappa shape index (κ1) is 20.8. The Balaban J connectivity index is 1.74. The summed E-state index contributed by atoms with van der Waals surface area (Å²) in [5.41, 5.74) is 3.34. The number of benzene rings is 2. The number of amides is 1. The van der Waals surface area contributed by atoms with Gasteiger partial charge in [0.2, 0.25) is 0 Å². The van der Waals surface area contributed by atoms with E-state index < -0.39 is 11.7 Å². The Hall–Kier alpha value is -3.51. The van der Waals surface area contributed by atoms with Crippen LogP contribution in [0.25, 0.3) is 16.6 Å². The van der Waals surface area contributed by atoms with Gasteiger partial charge in [-0.05, 0) is 61.2 Å². The first-order chi connectivity index (χ1) is 15.1. The molecule has 0 aliphatic rings. The molecule has 1 amide bonds. The highest BCUT2D eigenvalue weighted by Crippen LogP contribution is 2.30. The molecule has 2 aromatic carbocycles. The highest BCUT2D eigenvalue weighted by atomic mass is 32.2. The summed E-state index contributed by atoms with van der Waals surface area (Å²) in [4.78, 5) is 27.2. The summed E-state index contributed by atoms with van der Waals surface area (Å²) in [6, 6.07) is 22.5. The van der Waals surface area contributed by atoms with Crippen molar-refractivity contribution in [2.45, 2.75) is 11.8 Å². The Kier molecular flexibility index (Phi) is 6.09. The van der Waals surface area contributed by atoms with Crippen molar-refractivity contribution in [3.05, 3.63) is 84.7 Å². The molecule has 0 unspecified atom stereocenters. The Bertz CT molecular complexity index is 1250. The molecule has 0 fully saturated rings. The van der Waals surface area contributed by atoms with Crippen LogP contribution in [-0.2, 0) is 4.79 Å². The molecule has 0 saturated heterocycles. The first-order valence-corrected chi connectivity index (χ1v) is 11.2. The van der Waals surface area contributed by atoms with E-state index in [-0.39, 0.29) is 0 Å². The number of para-hydroxylation sites is 1. The minimum absolute atomic E-state index is 0.332. The van der Waals surface area contributed by atoms with Crippen LogP contribution in [0.15, 0.2) is 83.9 Å². The van der Waals surface area contributed by atoms with Crippen molar-refractivity contribution in [2.24, 2.45) is 0 Å². The molecule has 0 bridgehead atoms. The number of pyridine rings is 1. The van der Waals surface area contributed by atoms with E-state index in [0.29, 0.717) is 23.6 Å². The molecule has 6 heteroatoms. The molecule has 156 valence electrons. The molecule has 0 aliphatic carbocycles. The summed E-state index contributed by atoms with van der Waals surface area (Å²) in [5.74, 6) is -0.502. The minimum atomic E-state index is -0.669. The fraction of sp³-hybridized carbons (Fsp3) is 0.120. The van der Waals surface area contributed by atoms with E-state index in [1.54, 1.807) is 16.7 Å². The molecule has 0 radical (unpaired) electrons. The maximum absolute atomic E-state index is 13.3. The lowest BCUT2D eigenvalue weighted by atomic mass is 10.0. The molecule has 0 spiro atoms. The van der Waals surface area contributed by atoms with Gasteiger partial charge in [0, 0.05) is 22.2 Å². The molecular formula is C25H22N2O3S. The van der Waals surface area contributed by atoms with Crippen molar-refractivity contribution in [2.75, 3.05) is 18.2 Å². The van der Waals surface area contributed by atoms with Gasteiger partial charge in [0.15, 0.2) is 0 Å². The van der Waals surface area contributed by atoms with Crippen molar-refractivity contribution >= 4 is 34.7 Å². The Morgan fingerprint density at radius 1 is 1.00 bits per heavy atom. The van der Waals surface area contributed by atoms with Crippen LogP contribution >= 0.6 is 11.8 Å². The van der Waals surface area contributed by atoms with E-state index in [1.807, 2.05) is 79.9 Å². The van der Waals surface area contributed by atoms with E-state index in [1.165, 1.54) is 11.8 Å². The van der Waals surface area contributed by atoms with Gasteiger partial charge < -0.3 is 14.5 Å². The highest BCUT2D eigenvalue weighted by molar-refractivity contribution is 7.98. The number of carbonyl (C=O) groups excluding carboxylic acids is 2. The maximum atomic E-state index is 13.3. The first-order valence-electron chi connectivity index (χ1n) is 9.94. The van der Waals surface area contributed by atoms with Crippen LogP contribution in [-0.4, -0.2) is 29.0 Å². The summed E-state index contributed by atoms with van der Waals surface area (Å²) < 4.78 is 7.28. The maximum Gasteiger partial charge on any atom is 0.298 e. The van der Waals surface area contributed by atoms with Crippen molar-refractivity contribution in [1.82, 2.24) is 4.40 Å². The Morgan fingerprint density at radius 3 is 2.48 bits per heavy atom. The predicted molar refractivity (Wildman–Crippen MR) is 125 cm³/mol. The molecular weight excluding hydrogens is 408 g/mol. The second kappa shape index (κ2) is 9.10. The number of thioether (sulfide) groups is 1. The van der Waals surface area contributed by atoms with Gasteiger partial charge in [0.25, 0.3) is 11.7 Å². The fourth-order valence-corrected chi connectivity index (χ4v) is 4.06. The quantitative estimate of drug-likeness (QED) is 0.237. The van der Waals surface area contributed by atoms with Crippen molar-refractivity contribution < 1.29 is 14.3 Å². The summed E-state index contributed by atoms with van der Waals surface area (Å²) in [6.07, 6.45) is 3.72. The molecule has 31 heavy (non-hydrogen) atoms. The number of hydrogen-bond donors (Lipinski definition) is 1. The number of rotatable bonds is 7. The van der Waals surface area contributed by atoms with Gasteiger partial charge in [-0.2, -0.15) is 0 Å². The van der Waals surface area contributed by atoms with Crippen LogP contribution in [0.5, 0.6) is 5.75 Å². The highest BCUT2D eigenvalue weighted by Gasteiger charge is 2.25. The van der Waals surface area contributed by atoms with E-state index >= 15 is 0 Å². The number of carbonyl (C=O) groups is 2. The molecule has 0 saturated carbocycles. The van der Waals surface area contributed by atoms with Gasteiger partial charge in [0.05, 0.1) is 12.3 Å². The number of nitrogens with one attached hydrogen (secondary N) is 1. The lowest BCUT2D eigenvalue weighted by Crippen LogP contribution is -2.25. The van der Waals surface area contributed by atoms with Gasteiger partial charge in [-0.15, -0.1) is 11.8 Å². The zero-order chi connectivity index (χ0) is 21.8. The topological polar surface area (TPSA) is 59.8 Å². The van der Waals surface area contributed by atoms with Gasteiger partial charge in [-0.25, -0.2) is 0 Å². The van der Waals surface area contributed by atoms with Crippen LogP contribution in [0.3, 0.4) is 0 Å². The van der Waals surface area contributed by atoms with Crippen LogP contribution in [0.2, 0.25) is 0 Å². The predicted octanol–water partition coefficient (Wildman–Crippen LogP) is 5.55. The summed E-state index contributed by atoms with van der Waals surface area (Å²) >= 11 is 1.51. The van der Waals surface area contributed by atoms with E-state index in [2.05, 4.69) is 5.32 Å². The zero-order valence-electron chi connectivity index (χ0n) is 17.3. The summed E-state index contributed by atoms with van der Waals surface area (Å²) in [6.45, 7) is 2.51. The molecule has 4 aromatic rings. The second-order valence-corrected chi connectivity index (χ2v) is 7.69. The minimum Gasteiger partial charge on any atom is -0.494 e. The standard InChI is InChI=1S/C25H22N2O3S/c1-3-30-19-13-11-17(12-14-19)20-16-18-8-6-7-15-27(18)23(20)24(28)25(29)26-21-9-4-5-10-22(21)31-2/h4-16H,3H2,1-2H3,(H,26,29). The molecule has 0 atom stereocenters. The second-order valence-electron chi connectivity index (χ2n) is 6.84. The number of Topliss-reactive ketones (excluding diaryl/α,β-unsaturated/α-hetero) is 1. The van der Waals surface area contributed by atoms with Gasteiger partial charge in [-0.3, -0.25) is 9.59 Å². The normalized spacial score (nSPS) is 10.8. The van der Waals surface area contributed by atoms with Gasteiger partial charge in [0.1, 0.15) is 11.4 Å². The van der Waals surface area contributed by atoms with Gasteiger partial charge in [-0.1, -0.05) is 30.3 Å². The van der Waals surface area contributed by atoms with Crippen LogP contribution in [0.4, 0.5) is 5.69 Å². The number of nitrogens with zero attached hydrogens (tertiary/aromatic N) is 1. The van der Waals surface area contributed by atoms with E-state index in [0.717, 1.165) is 21.7 Å². The number of ketones is 1. The summed E-state index contributed by atoms with van der Waals surface area (Å²) in [7, 11) is 0. The number of hydrogen-bond acceptors (Lipinski definition) is 4. The average Bonchev–Trinajstić information content (AvgIpc) is 3.19. The molecule has 2 aromatic heterocycles. The molecule has 2 heterocycles. The van der Waals surface area contributed by atoms with Gasteiger partial charge >= 0.3 is 0 Å². The third-order valence-corrected chi connectivity index (χ3v) is 5.73. The Labute approximate surface area is 185 Å². The number of fused-ring (bicyclic) bond motifs is 1. The number of aromatic nitrogens is 1. The summed E-state index contributed by atoms with van der Waals surface area (Å²) in [5, 5.41) is 2.78. The SMILES string of the molecule is CCOc1ccc(-c2cc3ccccn3c2C(=O)C(=O)Nc2ccccc2SC)cc1. The molecule has 0 aliphatic heterocycles. The van der Waals surface area contributed by atoms with E-state index in [4.69, 9.17) is 4.74 Å². The lowest BCUT2D eigenvalue weighted by molar-refractivity contribution is -0.112. The number of ether oxygens (including phenoxy) is 1. The molecule has 5 nitrogen and oxygen atoms in total. The zero-order valence-corrected chi connectivity index (χ0v) is 18.1. The number of anilines is 1. The van der Waals surface area contributed by atoms with Crippen LogP contribution in [0, 0.1) is 0 Å². The van der Waals surface area contributed by atoms with Crippen molar-refractivity contribution in [1.29, 1.82) is 0 Å². The monoisotopic (exact) mass is 430 g/mol. The third kappa shape index (κ3) is 4.20. The Morgan fingerprint density at radius 2 is 1.74 bits per heavy atom. The third-order valence-electron chi connectivity index (χ3n) is 4.93. The van der Waals surface area contributed by atoms with E-state index in [9.17, 15) is 9.59 Å². The average molecular weight is 431 g/mol. The molecule has 4 rings (SSSR count). The van der Waals surface area contributed by atoms with Crippen LogP contribution < -0.4 is 10.1 Å². The fourth-order valence-electron chi connectivity index (χ4n) is 3.51. The van der Waals surface area contributed by atoms with Crippen LogP contribution in [0.1, 0.15) is 17.4 Å². The largest absolute Gasteiger partial charge is 0.494 e. The lowest BCUT2D eigenvalue weighted by Gasteiger charge is -2.10. The molecule has 1 N–H and O–H groups in total.